The van der Waals surface area contributed by atoms with Crippen LogP contribution in [0, 0.1) is 3.57 Å². The van der Waals surface area contributed by atoms with E-state index in [2.05, 4.69) is 22.6 Å². The van der Waals surface area contributed by atoms with Gasteiger partial charge < -0.3 is 14.2 Å². The molecule has 22 heavy (non-hydrogen) atoms. The molecule has 122 valence electrons. The number of halogens is 1. The van der Waals surface area contributed by atoms with Gasteiger partial charge in [-0.15, -0.1) is 0 Å². The molecule has 0 radical (unpaired) electrons. The van der Waals surface area contributed by atoms with E-state index in [9.17, 15) is 4.79 Å². The molecule has 0 unspecified atom stereocenters. The lowest BCUT2D eigenvalue weighted by atomic mass is 10.1. The van der Waals surface area contributed by atoms with Crippen molar-refractivity contribution < 1.29 is 19.0 Å². The fourth-order valence-electron chi connectivity index (χ4n) is 1.81. The van der Waals surface area contributed by atoms with Crippen LogP contribution in [0.1, 0.15) is 32.8 Å². The summed E-state index contributed by atoms with van der Waals surface area (Å²) in [5, 5.41) is 0. The van der Waals surface area contributed by atoms with Crippen LogP contribution in [0.15, 0.2) is 23.8 Å². The van der Waals surface area contributed by atoms with Crippen LogP contribution >= 0.6 is 22.6 Å². The minimum atomic E-state index is -0.262. The highest BCUT2D eigenvalue weighted by atomic mass is 127. The first-order valence-electron chi connectivity index (χ1n) is 7.50. The average molecular weight is 418 g/mol. The van der Waals surface area contributed by atoms with Crippen LogP contribution in [0.3, 0.4) is 0 Å². The van der Waals surface area contributed by atoms with Gasteiger partial charge in [0.25, 0.3) is 0 Å². The fourth-order valence-corrected chi connectivity index (χ4v) is 2.30. The number of carbonyl (C=O) groups is 1. The molecule has 5 heteroatoms. The van der Waals surface area contributed by atoms with Crippen molar-refractivity contribution in [2.45, 2.75) is 27.2 Å². The first-order valence-corrected chi connectivity index (χ1v) is 8.58. The highest BCUT2D eigenvalue weighted by Gasteiger charge is 2.09. The van der Waals surface area contributed by atoms with Crippen LogP contribution in [0.5, 0.6) is 5.75 Å². The summed E-state index contributed by atoms with van der Waals surface area (Å²) in [6.45, 7) is 7.84. The highest BCUT2D eigenvalue weighted by molar-refractivity contribution is 14.1. The normalized spacial score (nSPS) is 11.4. The molecule has 0 aliphatic carbocycles. The molecule has 1 aromatic carbocycles. The van der Waals surface area contributed by atoms with Crippen LogP contribution in [-0.4, -0.2) is 32.4 Å². The maximum atomic E-state index is 11.8. The monoisotopic (exact) mass is 418 g/mol. The van der Waals surface area contributed by atoms with E-state index in [0.717, 1.165) is 14.9 Å². The number of carbonyl (C=O) groups excluding carboxylic acids is 1. The Morgan fingerprint density at radius 3 is 2.59 bits per heavy atom. The van der Waals surface area contributed by atoms with Gasteiger partial charge in [0.05, 0.1) is 16.8 Å². The fraction of sp³-hybridized carbons (Fsp3) is 0.471. The van der Waals surface area contributed by atoms with Gasteiger partial charge in [-0.1, -0.05) is 13.0 Å². The molecule has 0 aliphatic rings. The SMILES string of the molecule is CCOCCOc1cc(C=C(CC)C(=O)OCC)ccc1I. The lowest BCUT2D eigenvalue weighted by Crippen LogP contribution is -2.08. The van der Waals surface area contributed by atoms with Crippen molar-refractivity contribution in [1.29, 1.82) is 0 Å². The smallest absolute Gasteiger partial charge is 0.333 e. The molecule has 0 heterocycles. The van der Waals surface area contributed by atoms with Crippen molar-refractivity contribution in [2.75, 3.05) is 26.4 Å². The lowest BCUT2D eigenvalue weighted by molar-refractivity contribution is -0.138. The summed E-state index contributed by atoms with van der Waals surface area (Å²) in [5.41, 5.74) is 1.58. The number of rotatable bonds is 9. The molecule has 1 aromatic rings. The highest BCUT2D eigenvalue weighted by Crippen LogP contribution is 2.24. The average Bonchev–Trinajstić information content (AvgIpc) is 2.51. The summed E-state index contributed by atoms with van der Waals surface area (Å²) in [7, 11) is 0. The van der Waals surface area contributed by atoms with Crippen molar-refractivity contribution in [3.05, 3.63) is 32.9 Å². The Labute approximate surface area is 146 Å². The predicted molar refractivity (Wildman–Crippen MR) is 96.0 cm³/mol. The van der Waals surface area contributed by atoms with Gasteiger partial charge in [0, 0.05) is 12.2 Å². The molecule has 0 aliphatic heterocycles. The summed E-state index contributed by atoms with van der Waals surface area (Å²) in [6.07, 6.45) is 2.48. The predicted octanol–water partition coefficient (Wildman–Crippen LogP) is 4.06. The molecule has 0 fully saturated rings. The Hall–Kier alpha value is -1.08. The van der Waals surface area contributed by atoms with Gasteiger partial charge >= 0.3 is 5.97 Å². The molecule has 0 N–H and O–H groups in total. The first-order chi connectivity index (χ1) is 10.6. The zero-order valence-electron chi connectivity index (χ0n) is 13.4. The number of esters is 1. The maximum Gasteiger partial charge on any atom is 0.333 e. The topological polar surface area (TPSA) is 44.8 Å². The zero-order chi connectivity index (χ0) is 16.4. The van der Waals surface area contributed by atoms with Gasteiger partial charge in [-0.25, -0.2) is 4.79 Å². The minimum absolute atomic E-state index is 0.262. The van der Waals surface area contributed by atoms with E-state index in [-0.39, 0.29) is 5.97 Å². The lowest BCUT2D eigenvalue weighted by Gasteiger charge is -2.10. The number of ether oxygens (including phenoxy) is 3. The van der Waals surface area contributed by atoms with Gasteiger partial charge in [0.2, 0.25) is 0 Å². The van der Waals surface area contributed by atoms with E-state index in [1.165, 1.54) is 0 Å². The van der Waals surface area contributed by atoms with Crippen LogP contribution in [0.2, 0.25) is 0 Å². The second kappa shape index (κ2) is 10.6. The molecule has 0 aromatic heterocycles. The quantitative estimate of drug-likeness (QED) is 0.263. The van der Waals surface area contributed by atoms with E-state index in [4.69, 9.17) is 14.2 Å². The van der Waals surface area contributed by atoms with Gasteiger partial charge in [-0.2, -0.15) is 0 Å². The Bertz CT molecular complexity index is 511. The summed E-state index contributed by atoms with van der Waals surface area (Å²) < 4.78 is 17.1. The maximum absolute atomic E-state index is 11.8. The molecular weight excluding hydrogens is 395 g/mol. The standard InChI is InChI=1S/C17H23IO4/c1-4-14(17(19)21-6-3)11-13-7-8-15(18)16(12-13)22-10-9-20-5-2/h7-8,11-12H,4-6,9-10H2,1-3H3. The van der Waals surface area contributed by atoms with Crippen molar-refractivity contribution in [3.8, 4) is 5.75 Å². The number of hydrogen-bond acceptors (Lipinski definition) is 4. The first kappa shape index (κ1) is 19.0. The van der Waals surface area contributed by atoms with Crippen molar-refractivity contribution in [2.24, 2.45) is 0 Å². The molecule has 1 rings (SSSR count). The molecule has 4 nitrogen and oxygen atoms in total. The van der Waals surface area contributed by atoms with Crippen LogP contribution < -0.4 is 4.74 Å². The Balaban J connectivity index is 2.84. The molecule has 0 spiro atoms. The van der Waals surface area contributed by atoms with Gasteiger partial charge in [0.1, 0.15) is 12.4 Å². The second-order valence-electron chi connectivity index (χ2n) is 4.48. The Morgan fingerprint density at radius 1 is 1.18 bits per heavy atom. The minimum Gasteiger partial charge on any atom is -0.490 e. The second-order valence-corrected chi connectivity index (χ2v) is 5.64. The third kappa shape index (κ3) is 6.36. The Kier molecular flexibility index (Phi) is 9.15. The molecule has 0 bridgehead atoms. The van der Waals surface area contributed by atoms with E-state index >= 15 is 0 Å². The summed E-state index contributed by atoms with van der Waals surface area (Å²) >= 11 is 2.23. The molecular formula is C17H23IO4. The van der Waals surface area contributed by atoms with E-state index in [0.29, 0.717) is 38.4 Å². The third-order valence-corrected chi connectivity index (χ3v) is 3.80. The van der Waals surface area contributed by atoms with Gasteiger partial charge in [0.15, 0.2) is 0 Å². The van der Waals surface area contributed by atoms with E-state index in [1.807, 2.05) is 38.1 Å². The van der Waals surface area contributed by atoms with Crippen LogP contribution in [0.4, 0.5) is 0 Å². The Morgan fingerprint density at radius 2 is 1.95 bits per heavy atom. The number of benzene rings is 1. The van der Waals surface area contributed by atoms with Crippen molar-refractivity contribution >= 4 is 34.6 Å². The summed E-state index contributed by atoms with van der Waals surface area (Å²) in [6, 6.07) is 5.87. The van der Waals surface area contributed by atoms with Gasteiger partial charge in [-0.05, 0) is 66.6 Å². The van der Waals surface area contributed by atoms with E-state index < -0.39 is 0 Å². The molecule has 0 saturated carbocycles. The summed E-state index contributed by atoms with van der Waals surface area (Å²) in [5.74, 6) is 0.538. The molecule has 0 amide bonds. The largest absolute Gasteiger partial charge is 0.490 e. The third-order valence-electron chi connectivity index (χ3n) is 2.90. The van der Waals surface area contributed by atoms with Crippen molar-refractivity contribution in [1.82, 2.24) is 0 Å². The van der Waals surface area contributed by atoms with Crippen molar-refractivity contribution in [3.63, 3.8) is 0 Å². The van der Waals surface area contributed by atoms with Crippen LogP contribution in [0.25, 0.3) is 6.08 Å². The molecule has 0 saturated heterocycles. The number of hydrogen-bond donors (Lipinski definition) is 0. The molecule has 0 atom stereocenters. The van der Waals surface area contributed by atoms with E-state index in [1.54, 1.807) is 6.92 Å². The summed E-state index contributed by atoms with van der Waals surface area (Å²) in [4.78, 5) is 11.8. The van der Waals surface area contributed by atoms with Gasteiger partial charge in [-0.3, -0.25) is 0 Å². The van der Waals surface area contributed by atoms with Crippen LogP contribution in [-0.2, 0) is 14.3 Å². The zero-order valence-corrected chi connectivity index (χ0v) is 15.5.